The Morgan fingerprint density at radius 1 is 1.06 bits per heavy atom. The lowest BCUT2D eigenvalue weighted by Crippen LogP contribution is -2.16. The number of methoxy groups -OCH3 is 1. The number of anilines is 2. The van der Waals surface area contributed by atoms with Crippen LogP contribution in [0, 0.1) is 0 Å². The number of nitrogens with zero attached hydrogens (tertiary/aromatic N) is 4. The maximum absolute atomic E-state index is 12.3. The van der Waals surface area contributed by atoms with Gasteiger partial charge in [0.15, 0.2) is 0 Å². The first kappa shape index (κ1) is 24.6. The first-order chi connectivity index (χ1) is 17.6. The minimum absolute atomic E-state index is 0.108. The Morgan fingerprint density at radius 2 is 1.81 bits per heavy atom. The van der Waals surface area contributed by atoms with E-state index in [-0.39, 0.29) is 17.6 Å². The number of nitrogens with two attached hydrogens (primary N) is 1. The van der Waals surface area contributed by atoms with Crippen LogP contribution in [0.1, 0.15) is 11.1 Å². The summed E-state index contributed by atoms with van der Waals surface area (Å²) in [6.07, 6.45) is 1.62. The first-order valence-corrected chi connectivity index (χ1v) is 11.9. The number of rotatable bonds is 11. The molecule has 3 aromatic carbocycles. The summed E-state index contributed by atoms with van der Waals surface area (Å²) < 4.78 is 12.3. The molecule has 0 atom stereocenters. The second-order valence-electron chi connectivity index (χ2n) is 7.42. The minimum Gasteiger partial charge on any atom is -0.497 e. The number of amides is 1. The van der Waals surface area contributed by atoms with E-state index in [1.54, 1.807) is 37.6 Å². The fourth-order valence-electron chi connectivity index (χ4n) is 3.07. The molecule has 0 saturated carbocycles. The number of hydrazone groups is 1. The predicted octanol–water partition coefficient (Wildman–Crippen LogP) is 3.76. The van der Waals surface area contributed by atoms with E-state index < -0.39 is 0 Å². The molecule has 184 valence electrons. The van der Waals surface area contributed by atoms with Gasteiger partial charge in [-0.05, 0) is 42.0 Å². The van der Waals surface area contributed by atoms with Gasteiger partial charge in [0.2, 0.25) is 11.1 Å². The largest absolute Gasteiger partial charge is 0.497 e. The normalized spacial score (nSPS) is 10.8. The van der Waals surface area contributed by atoms with Crippen molar-refractivity contribution in [3.05, 3.63) is 90.0 Å². The Balaban J connectivity index is 1.29. The highest BCUT2D eigenvalue weighted by molar-refractivity contribution is 7.99. The number of para-hydroxylation sites is 1. The fourth-order valence-corrected chi connectivity index (χ4v) is 3.72. The number of nitrogens with one attached hydrogen (secondary N) is 2. The molecule has 1 heterocycles. The van der Waals surface area contributed by atoms with Gasteiger partial charge in [-0.1, -0.05) is 54.2 Å². The lowest BCUT2D eigenvalue weighted by Gasteiger charge is -2.09. The topological polar surface area (TPSA) is 129 Å². The van der Waals surface area contributed by atoms with Crippen LogP contribution in [0.25, 0.3) is 0 Å². The van der Waals surface area contributed by atoms with E-state index in [9.17, 15) is 4.79 Å². The molecule has 4 aromatic rings. The zero-order chi connectivity index (χ0) is 25.2. The average molecular weight is 504 g/mol. The number of carbonyl (C=O) groups excluding carboxylic acids is 1. The first-order valence-electron chi connectivity index (χ1n) is 10.9. The highest BCUT2D eigenvalue weighted by Crippen LogP contribution is 2.20. The van der Waals surface area contributed by atoms with Crippen molar-refractivity contribution in [1.29, 1.82) is 0 Å². The van der Waals surface area contributed by atoms with Gasteiger partial charge in [-0.25, -0.2) is 10.1 Å². The third kappa shape index (κ3) is 6.76. The standard InChI is InChI=1S/C25H25N7O3S/c1-34-21-13-11-20(12-14-21)28-23(33)17-36-25-31-30-24(32(25)26)29-27-15-19-9-5-6-10-22(19)35-16-18-7-3-2-4-8-18/h2-15H,16-17,26H2,1H3,(H,28,33)(H,29,30)/b27-15+. The van der Waals surface area contributed by atoms with Crippen LogP contribution in [-0.2, 0) is 11.4 Å². The maximum Gasteiger partial charge on any atom is 0.264 e. The molecular formula is C25H25N7O3S. The van der Waals surface area contributed by atoms with Crippen LogP contribution < -0.4 is 26.1 Å². The van der Waals surface area contributed by atoms with Crippen LogP contribution in [-0.4, -0.2) is 39.9 Å². The molecule has 0 saturated heterocycles. The molecule has 10 nitrogen and oxygen atoms in total. The number of hydrogen-bond donors (Lipinski definition) is 3. The molecule has 0 radical (unpaired) electrons. The average Bonchev–Trinajstić information content (AvgIpc) is 3.27. The van der Waals surface area contributed by atoms with Crippen LogP contribution >= 0.6 is 11.8 Å². The molecule has 1 amide bonds. The van der Waals surface area contributed by atoms with Gasteiger partial charge in [-0.2, -0.15) is 5.10 Å². The minimum atomic E-state index is -0.201. The number of hydrogen-bond acceptors (Lipinski definition) is 9. The van der Waals surface area contributed by atoms with Crippen molar-refractivity contribution in [2.75, 3.05) is 29.4 Å². The zero-order valence-corrected chi connectivity index (χ0v) is 20.3. The Hall–Kier alpha value is -4.51. The van der Waals surface area contributed by atoms with Crippen LogP contribution in [0.3, 0.4) is 0 Å². The highest BCUT2D eigenvalue weighted by atomic mass is 32.2. The van der Waals surface area contributed by atoms with E-state index >= 15 is 0 Å². The zero-order valence-electron chi connectivity index (χ0n) is 19.5. The van der Waals surface area contributed by atoms with Crippen molar-refractivity contribution in [2.45, 2.75) is 11.8 Å². The fraction of sp³-hybridized carbons (Fsp3) is 0.120. The summed E-state index contributed by atoms with van der Waals surface area (Å²) in [4.78, 5) is 12.3. The molecule has 4 N–H and O–H groups in total. The van der Waals surface area contributed by atoms with E-state index in [1.165, 1.54) is 4.68 Å². The molecule has 0 aliphatic rings. The quantitative estimate of drug-likeness (QED) is 0.122. The number of nitrogen functional groups attached to an aromatic ring is 1. The van der Waals surface area contributed by atoms with Crippen LogP contribution in [0.15, 0.2) is 89.1 Å². The van der Waals surface area contributed by atoms with Gasteiger partial charge < -0.3 is 20.6 Å². The van der Waals surface area contributed by atoms with E-state index in [0.717, 1.165) is 22.9 Å². The van der Waals surface area contributed by atoms with E-state index in [0.29, 0.717) is 28.9 Å². The summed E-state index contributed by atoms with van der Waals surface area (Å²) in [6, 6.07) is 24.5. The second-order valence-corrected chi connectivity index (χ2v) is 8.37. The Bertz CT molecular complexity index is 1310. The number of benzene rings is 3. The molecule has 11 heteroatoms. The Labute approximate surface area is 212 Å². The molecule has 4 rings (SSSR count). The molecule has 0 aliphatic carbocycles. The predicted molar refractivity (Wildman–Crippen MR) is 141 cm³/mol. The van der Waals surface area contributed by atoms with Crippen molar-refractivity contribution in [3.63, 3.8) is 0 Å². The van der Waals surface area contributed by atoms with Gasteiger partial charge in [-0.15, -0.1) is 10.2 Å². The van der Waals surface area contributed by atoms with Gasteiger partial charge >= 0.3 is 0 Å². The van der Waals surface area contributed by atoms with Crippen LogP contribution in [0.2, 0.25) is 0 Å². The second kappa shape index (κ2) is 12.3. The van der Waals surface area contributed by atoms with Crippen LogP contribution in [0.5, 0.6) is 11.5 Å². The maximum atomic E-state index is 12.3. The summed E-state index contributed by atoms with van der Waals surface area (Å²) in [7, 11) is 1.59. The van der Waals surface area contributed by atoms with E-state index in [1.807, 2.05) is 54.6 Å². The van der Waals surface area contributed by atoms with Crippen molar-refractivity contribution in [2.24, 2.45) is 5.10 Å². The van der Waals surface area contributed by atoms with Crippen molar-refractivity contribution < 1.29 is 14.3 Å². The van der Waals surface area contributed by atoms with Gasteiger partial charge in [-0.3, -0.25) is 4.79 Å². The molecule has 0 spiro atoms. The van der Waals surface area contributed by atoms with Crippen LogP contribution in [0.4, 0.5) is 11.6 Å². The molecular weight excluding hydrogens is 478 g/mol. The third-order valence-electron chi connectivity index (χ3n) is 4.90. The van der Waals surface area contributed by atoms with Crippen molar-refractivity contribution >= 4 is 35.5 Å². The highest BCUT2D eigenvalue weighted by Gasteiger charge is 2.12. The lowest BCUT2D eigenvalue weighted by atomic mass is 10.2. The van der Waals surface area contributed by atoms with Gasteiger partial charge in [0.05, 0.1) is 19.1 Å². The Morgan fingerprint density at radius 3 is 2.58 bits per heavy atom. The van der Waals surface area contributed by atoms with Crippen molar-refractivity contribution in [3.8, 4) is 11.5 Å². The smallest absolute Gasteiger partial charge is 0.264 e. The molecule has 36 heavy (non-hydrogen) atoms. The summed E-state index contributed by atoms with van der Waals surface area (Å²) in [5.41, 5.74) is 5.30. The summed E-state index contributed by atoms with van der Waals surface area (Å²) in [5.74, 6) is 7.60. The molecule has 0 unspecified atom stereocenters. The molecule has 0 bridgehead atoms. The summed E-state index contributed by atoms with van der Waals surface area (Å²) >= 11 is 1.16. The number of ether oxygens (including phenoxy) is 2. The van der Waals surface area contributed by atoms with E-state index in [4.69, 9.17) is 15.3 Å². The lowest BCUT2D eigenvalue weighted by molar-refractivity contribution is -0.113. The molecule has 1 aromatic heterocycles. The van der Waals surface area contributed by atoms with Crippen molar-refractivity contribution in [1.82, 2.24) is 14.9 Å². The molecule has 0 aliphatic heterocycles. The van der Waals surface area contributed by atoms with Gasteiger partial charge in [0.1, 0.15) is 18.1 Å². The SMILES string of the molecule is COc1ccc(NC(=O)CSc2nnc(N/N=C/c3ccccc3OCc3ccccc3)n2N)cc1. The summed E-state index contributed by atoms with van der Waals surface area (Å²) in [5, 5.41) is 15.4. The third-order valence-corrected chi connectivity index (χ3v) is 5.84. The number of carbonyl (C=O) groups is 1. The van der Waals surface area contributed by atoms with Gasteiger partial charge in [0, 0.05) is 11.3 Å². The molecule has 0 fully saturated rings. The van der Waals surface area contributed by atoms with E-state index in [2.05, 4.69) is 26.0 Å². The number of thioether (sulfide) groups is 1. The summed E-state index contributed by atoms with van der Waals surface area (Å²) in [6.45, 7) is 0.447. The Kier molecular flexibility index (Phi) is 8.39. The van der Waals surface area contributed by atoms with Gasteiger partial charge in [0.25, 0.3) is 5.95 Å². The monoisotopic (exact) mass is 503 g/mol. The number of aromatic nitrogens is 3.